The molecule has 0 saturated heterocycles. The molecule has 0 saturated carbocycles. The lowest BCUT2D eigenvalue weighted by molar-refractivity contribution is 1.21. The van der Waals surface area contributed by atoms with Gasteiger partial charge in [-0.2, -0.15) is 0 Å². The Morgan fingerprint density at radius 3 is 3.00 bits per heavy atom. The van der Waals surface area contributed by atoms with Gasteiger partial charge < -0.3 is 5.73 Å². The van der Waals surface area contributed by atoms with Crippen molar-refractivity contribution in [2.75, 3.05) is 0 Å². The molecule has 2 nitrogen and oxygen atoms in total. The maximum Gasteiger partial charge on any atom is 0.0856 e. The first kappa shape index (κ1) is 7.54. The van der Waals surface area contributed by atoms with Gasteiger partial charge in [0.15, 0.2) is 0 Å². The third-order valence-electron chi connectivity index (χ3n) is 1.33. The van der Waals surface area contributed by atoms with Gasteiger partial charge in [-0.05, 0) is 6.07 Å². The lowest BCUT2D eigenvalue weighted by Gasteiger charge is -1.85. The topological polar surface area (TPSA) is 38.9 Å². The highest BCUT2D eigenvalue weighted by atomic mass is 14.7. The van der Waals surface area contributed by atoms with E-state index in [9.17, 15) is 0 Å². The second kappa shape index (κ2) is 3.56. The van der Waals surface area contributed by atoms with Crippen molar-refractivity contribution in [3.8, 4) is 0 Å². The number of hydrogen-bond donors (Lipinski definition) is 1. The Morgan fingerprint density at radius 1 is 1.55 bits per heavy atom. The SMILES string of the molecule is C=C/C=c1/cccn/c1=C/N. The fourth-order valence-corrected chi connectivity index (χ4v) is 0.837. The van der Waals surface area contributed by atoms with E-state index in [0.717, 1.165) is 10.6 Å². The highest BCUT2D eigenvalue weighted by molar-refractivity contribution is 5.35. The van der Waals surface area contributed by atoms with Gasteiger partial charge in [0.05, 0.1) is 5.35 Å². The summed E-state index contributed by atoms with van der Waals surface area (Å²) in [6, 6.07) is 3.80. The maximum absolute atomic E-state index is 5.34. The second-order valence-corrected chi connectivity index (χ2v) is 2.05. The summed E-state index contributed by atoms with van der Waals surface area (Å²) < 4.78 is 0. The number of hydrogen-bond acceptors (Lipinski definition) is 2. The molecule has 0 aliphatic heterocycles. The van der Waals surface area contributed by atoms with Crippen molar-refractivity contribution in [1.82, 2.24) is 4.98 Å². The Balaban J connectivity index is 3.48. The van der Waals surface area contributed by atoms with Crippen LogP contribution in [0.5, 0.6) is 0 Å². The molecule has 11 heavy (non-hydrogen) atoms. The minimum Gasteiger partial charge on any atom is -0.403 e. The van der Waals surface area contributed by atoms with Crippen molar-refractivity contribution in [2.45, 2.75) is 0 Å². The molecule has 0 aliphatic rings. The molecule has 0 bridgehead atoms. The van der Waals surface area contributed by atoms with E-state index in [2.05, 4.69) is 11.6 Å². The van der Waals surface area contributed by atoms with E-state index in [1.54, 1.807) is 12.3 Å². The van der Waals surface area contributed by atoms with Crippen LogP contribution < -0.4 is 16.3 Å². The van der Waals surface area contributed by atoms with E-state index < -0.39 is 0 Å². The van der Waals surface area contributed by atoms with E-state index in [4.69, 9.17) is 5.73 Å². The number of pyridine rings is 1. The standard InChI is InChI=1S/C9H10N2/c1-2-4-8-5-3-6-11-9(8)7-10/h2-7H,1,10H2/b8-4-,9-7+. The van der Waals surface area contributed by atoms with Crippen LogP contribution in [-0.2, 0) is 0 Å². The fraction of sp³-hybridized carbons (Fsp3) is 0. The molecule has 0 unspecified atom stereocenters. The van der Waals surface area contributed by atoms with Crippen molar-refractivity contribution in [3.05, 3.63) is 41.6 Å². The van der Waals surface area contributed by atoms with Gasteiger partial charge in [-0.1, -0.05) is 24.8 Å². The minimum absolute atomic E-state index is 0.785. The molecule has 1 rings (SSSR count). The minimum atomic E-state index is 0.785. The summed E-state index contributed by atoms with van der Waals surface area (Å²) >= 11 is 0. The van der Waals surface area contributed by atoms with Crippen LogP contribution >= 0.6 is 0 Å². The highest BCUT2D eigenvalue weighted by Gasteiger charge is 1.79. The summed E-state index contributed by atoms with van der Waals surface area (Å²) in [7, 11) is 0. The van der Waals surface area contributed by atoms with Gasteiger partial charge in [-0.15, -0.1) is 0 Å². The third kappa shape index (κ3) is 1.67. The van der Waals surface area contributed by atoms with Crippen molar-refractivity contribution in [1.29, 1.82) is 0 Å². The van der Waals surface area contributed by atoms with Crippen LogP contribution in [0.15, 0.2) is 31.0 Å². The molecule has 56 valence electrons. The monoisotopic (exact) mass is 146 g/mol. The third-order valence-corrected chi connectivity index (χ3v) is 1.33. The van der Waals surface area contributed by atoms with Crippen molar-refractivity contribution in [3.63, 3.8) is 0 Å². The number of aromatic nitrogens is 1. The molecule has 0 radical (unpaired) electrons. The lowest BCUT2D eigenvalue weighted by Crippen LogP contribution is -2.28. The fourth-order valence-electron chi connectivity index (χ4n) is 0.837. The highest BCUT2D eigenvalue weighted by Crippen LogP contribution is 1.67. The van der Waals surface area contributed by atoms with Gasteiger partial charge in [0, 0.05) is 17.6 Å². The smallest absolute Gasteiger partial charge is 0.0856 e. The first-order chi connectivity index (χ1) is 5.38. The van der Waals surface area contributed by atoms with E-state index in [1.807, 2.05) is 18.2 Å². The molecule has 1 aromatic rings. The largest absolute Gasteiger partial charge is 0.403 e. The molecule has 0 aliphatic carbocycles. The van der Waals surface area contributed by atoms with E-state index in [0.29, 0.717) is 0 Å². The van der Waals surface area contributed by atoms with Gasteiger partial charge in [-0.3, -0.25) is 4.98 Å². The van der Waals surface area contributed by atoms with E-state index >= 15 is 0 Å². The second-order valence-electron chi connectivity index (χ2n) is 2.05. The summed E-state index contributed by atoms with van der Waals surface area (Å²) in [5.74, 6) is 0. The van der Waals surface area contributed by atoms with Crippen LogP contribution in [0.4, 0.5) is 0 Å². The summed E-state index contributed by atoms with van der Waals surface area (Å²) in [5, 5.41) is 1.78. The first-order valence-electron chi connectivity index (χ1n) is 3.34. The van der Waals surface area contributed by atoms with Crippen LogP contribution in [-0.4, -0.2) is 4.98 Å². The van der Waals surface area contributed by atoms with Gasteiger partial charge in [-0.25, -0.2) is 0 Å². The molecule has 0 spiro atoms. The Hall–Kier alpha value is -1.57. The predicted octanol–water partition coefficient (Wildman–Crippen LogP) is -0.255. The number of nitrogens with two attached hydrogens (primary N) is 1. The predicted molar refractivity (Wildman–Crippen MR) is 46.8 cm³/mol. The van der Waals surface area contributed by atoms with E-state index in [-0.39, 0.29) is 0 Å². The maximum atomic E-state index is 5.34. The molecule has 2 N–H and O–H groups in total. The number of allylic oxidation sites excluding steroid dienone is 1. The van der Waals surface area contributed by atoms with Crippen LogP contribution in [0.2, 0.25) is 0 Å². The number of rotatable bonds is 1. The zero-order valence-corrected chi connectivity index (χ0v) is 6.20. The molecular weight excluding hydrogens is 136 g/mol. The van der Waals surface area contributed by atoms with Crippen LogP contribution in [0, 0.1) is 0 Å². The molecular formula is C9H10N2. The van der Waals surface area contributed by atoms with Gasteiger partial charge in [0.2, 0.25) is 0 Å². The Kier molecular flexibility index (Phi) is 2.44. The average molecular weight is 146 g/mol. The van der Waals surface area contributed by atoms with Crippen molar-refractivity contribution in [2.24, 2.45) is 5.73 Å². The summed E-state index contributed by atoms with van der Waals surface area (Å²) in [5.41, 5.74) is 5.34. The zero-order chi connectivity index (χ0) is 8.10. The Labute approximate surface area is 65.4 Å². The Morgan fingerprint density at radius 2 is 2.36 bits per heavy atom. The van der Waals surface area contributed by atoms with Crippen LogP contribution in [0.1, 0.15) is 0 Å². The molecule has 1 aromatic heterocycles. The summed E-state index contributed by atoms with van der Waals surface area (Å²) in [4.78, 5) is 4.06. The summed E-state index contributed by atoms with van der Waals surface area (Å²) in [6.45, 7) is 3.59. The van der Waals surface area contributed by atoms with E-state index in [1.165, 1.54) is 6.20 Å². The van der Waals surface area contributed by atoms with Gasteiger partial charge in [0.25, 0.3) is 0 Å². The zero-order valence-electron chi connectivity index (χ0n) is 6.20. The number of nitrogens with zero attached hydrogens (tertiary/aromatic N) is 1. The molecule has 1 heterocycles. The molecule has 0 atom stereocenters. The van der Waals surface area contributed by atoms with Gasteiger partial charge in [0.1, 0.15) is 0 Å². The molecule has 0 fully saturated rings. The van der Waals surface area contributed by atoms with Crippen LogP contribution in [0.25, 0.3) is 12.3 Å². The van der Waals surface area contributed by atoms with Crippen LogP contribution in [0.3, 0.4) is 0 Å². The molecule has 0 amide bonds. The molecule has 0 aromatic carbocycles. The van der Waals surface area contributed by atoms with Crippen molar-refractivity contribution < 1.29 is 0 Å². The summed E-state index contributed by atoms with van der Waals surface area (Å²) in [6.07, 6.45) is 6.77. The lowest BCUT2D eigenvalue weighted by atomic mass is 10.3. The quantitative estimate of drug-likeness (QED) is 0.593. The van der Waals surface area contributed by atoms with Gasteiger partial charge >= 0.3 is 0 Å². The van der Waals surface area contributed by atoms with Crippen molar-refractivity contribution >= 4 is 12.3 Å². The molecule has 2 heteroatoms. The Bertz CT molecular complexity index is 352. The normalized spacial score (nSPS) is 13.5. The average Bonchev–Trinajstić information content (AvgIpc) is 2.06. The first-order valence-corrected chi connectivity index (χ1v) is 3.34.